The molecule has 88 valence electrons. The maximum Gasteiger partial charge on any atom is 0.188 e. The van der Waals surface area contributed by atoms with E-state index < -0.39 is 0 Å². The predicted molar refractivity (Wildman–Crippen MR) is 63.0 cm³/mol. The minimum atomic E-state index is 0.527. The second-order valence-corrected chi connectivity index (χ2v) is 4.09. The number of methoxy groups -OCH3 is 1. The predicted octanol–water partition coefficient (Wildman–Crippen LogP) is 1.26. The van der Waals surface area contributed by atoms with E-state index in [0.717, 1.165) is 0 Å². The van der Waals surface area contributed by atoms with Gasteiger partial charge in [0.25, 0.3) is 0 Å². The summed E-state index contributed by atoms with van der Waals surface area (Å²) in [5.74, 6) is 0.568. The molecular weight excluding hydrogens is 190 g/mol. The number of rotatable bonds is 4. The number of aliphatic imine (C=N–C) groups is 1. The Labute approximate surface area is 92.3 Å². The van der Waals surface area contributed by atoms with Crippen LogP contribution in [0.25, 0.3) is 0 Å². The van der Waals surface area contributed by atoms with Gasteiger partial charge in [0.05, 0.1) is 13.2 Å². The lowest BCUT2D eigenvalue weighted by Gasteiger charge is -2.16. The van der Waals surface area contributed by atoms with E-state index in [9.17, 15) is 0 Å². The van der Waals surface area contributed by atoms with Crippen molar-refractivity contribution in [2.45, 2.75) is 44.6 Å². The van der Waals surface area contributed by atoms with Crippen molar-refractivity contribution in [3.8, 4) is 0 Å². The molecule has 0 bridgehead atoms. The molecule has 0 radical (unpaired) electrons. The van der Waals surface area contributed by atoms with Crippen LogP contribution in [0.15, 0.2) is 4.99 Å². The second-order valence-electron chi connectivity index (χ2n) is 4.09. The van der Waals surface area contributed by atoms with Crippen LogP contribution in [-0.2, 0) is 4.74 Å². The first-order chi connectivity index (χ1) is 7.33. The Morgan fingerprint density at radius 2 is 2.00 bits per heavy atom. The Bertz CT molecular complexity index is 186. The number of nitrogens with two attached hydrogens (primary N) is 1. The zero-order valence-electron chi connectivity index (χ0n) is 9.67. The molecule has 1 aliphatic rings. The van der Waals surface area contributed by atoms with Crippen LogP contribution >= 0.6 is 0 Å². The zero-order chi connectivity index (χ0) is 10.9. The molecule has 4 nitrogen and oxygen atoms in total. The fourth-order valence-electron chi connectivity index (χ4n) is 1.94. The molecule has 1 saturated carbocycles. The highest BCUT2D eigenvalue weighted by Crippen LogP contribution is 2.16. The van der Waals surface area contributed by atoms with Gasteiger partial charge >= 0.3 is 0 Å². The summed E-state index contributed by atoms with van der Waals surface area (Å²) in [6.07, 6.45) is 7.78. The number of hydrogen-bond acceptors (Lipinski definition) is 2. The first kappa shape index (κ1) is 12.3. The monoisotopic (exact) mass is 213 g/mol. The molecule has 0 aromatic rings. The van der Waals surface area contributed by atoms with Crippen molar-refractivity contribution in [3.05, 3.63) is 0 Å². The summed E-state index contributed by atoms with van der Waals surface area (Å²) < 4.78 is 4.91. The average molecular weight is 213 g/mol. The lowest BCUT2D eigenvalue weighted by atomic mass is 10.1. The summed E-state index contributed by atoms with van der Waals surface area (Å²) in [5.41, 5.74) is 5.78. The van der Waals surface area contributed by atoms with Gasteiger partial charge in [0.15, 0.2) is 5.96 Å². The van der Waals surface area contributed by atoms with Gasteiger partial charge < -0.3 is 15.8 Å². The highest BCUT2D eigenvalue weighted by atomic mass is 16.5. The lowest BCUT2D eigenvalue weighted by Crippen LogP contribution is -2.40. The van der Waals surface area contributed by atoms with Crippen LogP contribution in [0.5, 0.6) is 0 Å². The van der Waals surface area contributed by atoms with Gasteiger partial charge in [-0.2, -0.15) is 0 Å². The van der Waals surface area contributed by atoms with Crippen molar-refractivity contribution in [1.29, 1.82) is 0 Å². The third-order valence-corrected chi connectivity index (χ3v) is 2.78. The van der Waals surface area contributed by atoms with Crippen molar-refractivity contribution in [1.82, 2.24) is 5.32 Å². The Morgan fingerprint density at radius 1 is 1.33 bits per heavy atom. The van der Waals surface area contributed by atoms with Gasteiger partial charge in [-0.3, -0.25) is 4.99 Å². The Hall–Kier alpha value is -0.770. The summed E-state index contributed by atoms with van der Waals surface area (Å²) in [4.78, 5) is 4.20. The maximum atomic E-state index is 5.78. The van der Waals surface area contributed by atoms with Crippen molar-refractivity contribution in [3.63, 3.8) is 0 Å². The molecule has 0 aromatic heterocycles. The molecule has 0 saturated heterocycles. The van der Waals surface area contributed by atoms with Gasteiger partial charge in [-0.15, -0.1) is 0 Å². The molecule has 0 atom stereocenters. The molecular formula is C11H23N3O. The summed E-state index contributed by atoms with van der Waals surface area (Å²) in [5, 5.41) is 3.29. The van der Waals surface area contributed by atoms with E-state index >= 15 is 0 Å². The molecule has 1 aliphatic carbocycles. The van der Waals surface area contributed by atoms with Gasteiger partial charge in [0, 0.05) is 13.2 Å². The number of hydrogen-bond donors (Lipinski definition) is 2. The van der Waals surface area contributed by atoms with Crippen LogP contribution in [0.4, 0.5) is 0 Å². The van der Waals surface area contributed by atoms with E-state index in [0.29, 0.717) is 25.2 Å². The van der Waals surface area contributed by atoms with Gasteiger partial charge in [-0.05, 0) is 12.8 Å². The van der Waals surface area contributed by atoms with Crippen LogP contribution in [0, 0.1) is 0 Å². The van der Waals surface area contributed by atoms with Crippen LogP contribution < -0.4 is 11.1 Å². The van der Waals surface area contributed by atoms with Crippen molar-refractivity contribution in [2.75, 3.05) is 20.3 Å². The van der Waals surface area contributed by atoms with Gasteiger partial charge in [-0.25, -0.2) is 0 Å². The van der Waals surface area contributed by atoms with Gasteiger partial charge in [0.2, 0.25) is 0 Å². The van der Waals surface area contributed by atoms with Crippen LogP contribution in [-0.4, -0.2) is 32.3 Å². The Kier molecular flexibility index (Phi) is 6.16. The van der Waals surface area contributed by atoms with Crippen LogP contribution in [0.3, 0.4) is 0 Å². The third kappa shape index (κ3) is 5.62. The minimum Gasteiger partial charge on any atom is -0.383 e. The number of ether oxygens (including phenoxy) is 1. The number of nitrogens with one attached hydrogen (secondary N) is 1. The smallest absolute Gasteiger partial charge is 0.188 e. The molecule has 15 heavy (non-hydrogen) atoms. The molecule has 0 amide bonds. The molecule has 0 aliphatic heterocycles. The average Bonchev–Trinajstić information content (AvgIpc) is 2.47. The van der Waals surface area contributed by atoms with Crippen LogP contribution in [0.2, 0.25) is 0 Å². The van der Waals surface area contributed by atoms with E-state index in [1.54, 1.807) is 7.11 Å². The molecule has 3 N–H and O–H groups in total. The van der Waals surface area contributed by atoms with Crippen molar-refractivity contribution < 1.29 is 4.74 Å². The summed E-state index contributed by atoms with van der Waals surface area (Å²) in [6, 6.07) is 0.527. The first-order valence-electron chi connectivity index (χ1n) is 5.88. The second kappa shape index (κ2) is 7.51. The maximum absolute atomic E-state index is 5.78. The molecule has 0 heterocycles. The third-order valence-electron chi connectivity index (χ3n) is 2.78. The molecule has 4 heteroatoms. The van der Waals surface area contributed by atoms with Gasteiger partial charge in [0.1, 0.15) is 0 Å². The molecule has 0 aromatic carbocycles. The van der Waals surface area contributed by atoms with Crippen molar-refractivity contribution >= 4 is 5.96 Å². The summed E-state index contributed by atoms with van der Waals surface area (Å²) in [7, 11) is 1.67. The number of nitrogens with zero attached hydrogens (tertiary/aromatic N) is 1. The summed E-state index contributed by atoms with van der Waals surface area (Å²) in [6.45, 7) is 1.27. The molecule has 1 rings (SSSR count). The molecule has 1 fully saturated rings. The fourth-order valence-corrected chi connectivity index (χ4v) is 1.94. The van der Waals surface area contributed by atoms with E-state index in [1.807, 2.05) is 0 Å². The number of guanidine groups is 1. The van der Waals surface area contributed by atoms with Gasteiger partial charge in [-0.1, -0.05) is 25.7 Å². The largest absolute Gasteiger partial charge is 0.383 e. The van der Waals surface area contributed by atoms with E-state index in [4.69, 9.17) is 10.5 Å². The Balaban J connectivity index is 2.22. The SMILES string of the molecule is COCCN=C(N)NC1CCCCCC1. The summed E-state index contributed by atoms with van der Waals surface area (Å²) >= 11 is 0. The molecule has 0 unspecified atom stereocenters. The minimum absolute atomic E-state index is 0.527. The quantitative estimate of drug-likeness (QED) is 0.320. The van der Waals surface area contributed by atoms with Crippen LogP contribution in [0.1, 0.15) is 38.5 Å². The van der Waals surface area contributed by atoms with E-state index in [1.165, 1.54) is 38.5 Å². The zero-order valence-corrected chi connectivity index (χ0v) is 9.67. The molecule has 0 spiro atoms. The Morgan fingerprint density at radius 3 is 2.60 bits per heavy atom. The fraction of sp³-hybridized carbons (Fsp3) is 0.909. The van der Waals surface area contributed by atoms with E-state index in [2.05, 4.69) is 10.3 Å². The normalized spacial score (nSPS) is 19.9. The van der Waals surface area contributed by atoms with Crippen molar-refractivity contribution in [2.24, 2.45) is 10.7 Å². The highest BCUT2D eigenvalue weighted by molar-refractivity contribution is 5.78. The highest BCUT2D eigenvalue weighted by Gasteiger charge is 2.11. The topological polar surface area (TPSA) is 59.6 Å². The standard InChI is InChI=1S/C11H23N3O/c1-15-9-8-13-11(12)14-10-6-4-2-3-5-7-10/h10H,2-9H2,1H3,(H3,12,13,14). The first-order valence-corrected chi connectivity index (χ1v) is 5.88. The lowest BCUT2D eigenvalue weighted by molar-refractivity contribution is 0.208. The van der Waals surface area contributed by atoms with E-state index in [-0.39, 0.29) is 0 Å².